The molecule has 2 rings (SSSR count). The number of furan rings is 1. The number of hydrogen-bond donors (Lipinski definition) is 1. The van der Waals surface area contributed by atoms with E-state index in [1.807, 2.05) is 0 Å². The van der Waals surface area contributed by atoms with E-state index >= 15 is 0 Å². The molecule has 0 atom stereocenters. The van der Waals surface area contributed by atoms with Gasteiger partial charge in [-0.15, -0.1) is 0 Å². The fraction of sp³-hybridized carbons (Fsp3) is 0.267. The normalized spacial score (nSPS) is 11.8. The average molecular weight is 358 g/mol. The summed E-state index contributed by atoms with van der Waals surface area (Å²) in [6.45, 7) is 3.48. The largest absolute Gasteiger partial charge is 0.475 e. The van der Waals surface area contributed by atoms with E-state index in [1.54, 1.807) is 31.2 Å². The van der Waals surface area contributed by atoms with Gasteiger partial charge < -0.3 is 9.52 Å². The maximum atomic E-state index is 12.7. The van der Waals surface area contributed by atoms with E-state index in [9.17, 15) is 13.2 Å². The summed E-state index contributed by atoms with van der Waals surface area (Å²) < 4.78 is 31.7. The summed E-state index contributed by atoms with van der Waals surface area (Å²) in [5, 5.41) is 9.45. The smallest absolute Gasteiger partial charge is 0.371 e. The highest BCUT2D eigenvalue weighted by atomic mass is 35.5. The van der Waals surface area contributed by atoms with E-state index in [1.165, 1.54) is 11.2 Å². The van der Waals surface area contributed by atoms with Crippen molar-refractivity contribution in [2.24, 2.45) is 0 Å². The monoisotopic (exact) mass is 357 g/mol. The summed E-state index contributed by atoms with van der Waals surface area (Å²) in [5.41, 5.74) is 0.738. The molecule has 124 valence electrons. The standard InChI is InChI=1S/C15H16ClNO5S/c1-3-17(9-11-5-4-6-12(16)7-11)23(20,21)14-8-13(15(18)19)22-10(14)2/h4-8H,3,9H2,1-2H3,(H,18,19). The molecule has 23 heavy (non-hydrogen) atoms. The van der Waals surface area contributed by atoms with E-state index in [2.05, 4.69) is 0 Å². The quantitative estimate of drug-likeness (QED) is 0.857. The number of benzene rings is 1. The van der Waals surface area contributed by atoms with Gasteiger partial charge in [-0.25, -0.2) is 13.2 Å². The van der Waals surface area contributed by atoms with Crippen molar-refractivity contribution in [2.45, 2.75) is 25.3 Å². The second-order valence-corrected chi connectivity index (χ2v) is 7.24. The minimum Gasteiger partial charge on any atom is -0.475 e. The van der Waals surface area contributed by atoms with Gasteiger partial charge in [0.1, 0.15) is 10.7 Å². The number of aryl methyl sites for hydroxylation is 1. The van der Waals surface area contributed by atoms with Crippen molar-refractivity contribution in [3.05, 3.63) is 52.4 Å². The van der Waals surface area contributed by atoms with Crippen LogP contribution < -0.4 is 0 Å². The van der Waals surface area contributed by atoms with E-state index in [0.717, 1.165) is 11.6 Å². The van der Waals surface area contributed by atoms with Gasteiger partial charge in [0.25, 0.3) is 0 Å². The van der Waals surface area contributed by atoms with Crippen molar-refractivity contribution in [2.75, 3.05) is 6.54 Å². The van der Waals surface area contributed by atoms with Gasteiger partial charge in [0, 0.05) is 24.2 Å². The van der Waals surface area contributed by atoms with Crippen molar-refractivity contribution in [1.82, 2.24) is 4.31 Å². The summed E-state index contributed by atoms with van der Waals surface area (Å²) in [6.07, 6.45) is 0. The number of nitrogens with zero attached hydrogens (tertiary/aromatic N) is 1. The maximum absolute atomic E-state index is 12.7. The molecule has 8 heteroatoms. The molecule has 0 saturated heterocycles. The predicted molar refractivity (Wildman–Crippen MR) is 85.1 cm³/mol. The molecule has 0 unspecified atom stereocenters. The minimum atomic E-state index is -3.87. The number of carbonyl (C=O) groups is 1. The lowest BCUT2D eigenvalue weighted by molar-refractivity contribution is 0.0661. The summed E-state index contributed by atoms with van der Waals surface area (Å²) in [7, 11) is -3.87. The molecule has 1 aromatic heterocycles. The zero-order valence-corrected chi connectivity index (χ0v) is 14.2. The van der Waals surface area contributed by atoms with Crippen molar-refractivity contribution < 1.29 is 22.7 Å². The Labute approximate surface area is 139 Å². The molecule has 6 nitrogen and oxygen atoms in total. The van der Waals surface area contributed by atoms with Gasteiger partial charge in [-0.3, -0.25) is 0 Å². The summed E-state index contributed by atoms with van der Waals surface area (Å²) >= 11 is 5.92. The maximum Gasteiger partial charge on any atom is 0.371 e. The first-order chi connectivity index (χ1) is 10.8. The minimum absolute atomic E-state index is 0.0481. The van der Waals surface area contributed by atoms with Crippen LogP contribution in [0.4, 0.5) is 0 Å². The first-order valence-corrected chi connectivity index (χ1v) is 8.65. The fourth-order valence-electron chi connectivity index (χ4n) is 2.17. The lowest BCUT2D eigenvalue weighted by Crippen LogP contribution is -2.30. The Morgan fingerprint density at radius 2 is 2.04 bits per heavy atom. The summed E-state index contributed by atoms with van der Waals surface area (Å²) in [6, 6.07) is 7.94. The molecule has 0 fully saturated rings. The van der Waals surface area contributed by atoms with Crippen LogP contribution in [-0.2, 0) is 16.6 Å². The second kappa shape index (κ2) is 6.74. The molecule has 0 aliphatic carbocycles. The summed E-state index contributed by atoms with van der Waals surface area (Å²) in [5.74, 6) is -1.67. The molecule has 1 aromatic carbocycles. The zero-order valence-electron chi connectivity index (χ0n) is 12.6. The number of sulfonamides is 1. The Hall–Kier alpha value is -1.83. The van der Waals surface area contributed by atoms with Gasteiger partial charge in [-0.1, -0.05) is 30.7 Å². The zero-order chi connectivity index (χ0) is 17.2. The Bertz CT molecular complexity index is 828. The highest BCUT2D eigenvalue weighted by molar-refractivity contribution is 7.89. The highest BCUT2D eigenvalue weighted by Gasteiger charge is 2.29. The predicted octanol–water partition coefficient (Wildman–Crippen LogP) is 3.15. The molecular formula is C15H16ClNO5S. The summed E-state index contributed by atoms with van der Waals surface area (Å²) in [4.78, 5) is 10.8. The van der Waals surface area contributed by atoms with Crippen LogP contribution in [0.1, 0.15) is 28.8 Å². The molecule has 1 heterocycles. The number of hydrogen-bond acceptors (Lipinski definition) is 4. The fourth-order valence-corrected chi connectivity index (χ4v) is 3.98. The van der Waals surface area contributed by atoms with Crippen LogP contribution >= 0.6 is 11.6 Å². The van der Waals surface area contributed by atoms with Crippen LogP contribution in [0.3, 0.4) is 0 Å². The third kappa shape index (κ3) is 3.74. The van der Waals surface area contributed by atoms with Crippen molar-refractivity contribution in [3.8, 4) is 0 Å². The molecule has 0 aliphatic rings. The van der Waals surface area contributed by atoms with Crippen LogP contribution in [0.5, 0.6) is 0 Å². The number of rotatable bonds is 6. The molecule has 0 saturated carbocycles. The van der Waals surface area contributed by atoms with Crippen LogP contribution in [0.15, 0.2) is 39.6 Å². The molecule has 0 aliphatic heterocycles. The lowest BCUT2D eigenvalue weighted by Gasteiger charge is -2.20. The van der Waals surface area contributed by atoms with Gasteiger partial charge in [-0.2, -0.15) is 4.31 Å². The average Bonchev–Trinajstić information content (AvgIpc) is 2.87. The van der Waals surface area contributed by atoms with Crippen LogP contribution in [-0.4, -0.2) is 30.3 Å². The lowest BCUT2D eigenvalue weighted by atomic mass is 10.2. The van der Waals surface area contributed by atoms with Crippen molar-refractivity contribution >= 4 is 27.6 Å². The molecular weight excluding hydrogens is 342 g/mol. The topological polar surface area (TPSA) is 87.8 Å². The van der Waals surface area contributed by atoms with E-state index in [-0.39, 0.29) is 23.7 Å². The van der Waals surface area contributed by atoms with Crippen molar-refractivity contribution in [1.29, 1.82) is 0 Å². The van der Waals surface area contributed by atoms with Crippen LogP contribution in [0.2, 0.25) is 5.02 Å². The number of halogens is 1. The number of carboxylic acids is 1. The molecule has 0 radical (unpaired) electrons. The van der Waals surface area contributed by atoms with Crippen LogP contribution in [0.25, 0.3) is 0 Å². The van der Waals surface area contributed by atoms with Crippen LogP contribution in [0, 0.1) is 6.92 Å². The third-order valence-corrected chi connectivity index (χ3v) is 5.56. The Kier molecular flexibility index (Phi) is 5.13. The van der Waals surface area contributed by atoms with Gasteiger partial charge in [-0.05, 0) is 24.6 Å². The molecule has 0 spiro atoms. The molecule has 0 bridgehead atoms. The Morgan fingerprint density at radius 3 is 2.57 bits per heavy atom. The first-order valence-electron chi connectivity index (χ1n) is 6.84. The van der Waals surface area contributed by atoms with E-state index < -0.39 is 21.8 Å². The Morgan fingerprint density at radius 1 is 1.35 bits per heavy atom. The first kappa shape index (κ1) is 17.5. The molecule has 1 N–H and O–H groups in total. The van der Waals surface area contributed by atoms with Gasteiger partial charge in [0.2, 0.25) is 15.8 Å². The number of carboxylic acid groups (broad SMARTS) is 1. The SMILES string of the molecule is CCN(Cc1cccc(Cl)c1)S(=O)(=O)c1cc(C(=O)O)oc1C. The highest BCUT2D eigenvalue weighted by Crippen LogP contribution is 2.25. The van der Waals surface area contributed by atoms with E-state index in [0.29, 0.717) is 5.02 Å². The third-order valence-electron chi connectivity index (χ3n) is 3.30. The van der Waals surface area contributed by atoms with Gasteiger partial charge in [0.15, 0.2) is 0 Å². The second-order valence-electron chi connectivity index (χ2n) is 4.90. The number of aromatic carboxylic acids is 1. The van der Waals surface area contributed by atoms with Crippen molar-refractivity contribution in [3.63, 3.8) is 0 Å². The van der Waals surface area contributed by atoms with E-state index in [4.69, 9.17) is 21.1 Å². The van der Waals surface area contributed by atoms with Gasteiger partial charge >= 0.3 is 5.97 Å². The Balaban J connectivity index is 2.37. The van der Waals surface area contributed by atoms with Gasteiger partial charge in [0.05, 0.1) is 0 Å². The molecule has 2 aromatic rings. The molecule has 0 amide bonds.